The number of nitrogens with zero attached hydrogens (tertiary/aromatic N) is 3. The standard InChI is InChI=1S/C17H16Cl2N4O/c18-14-4-1-11(7-15(14)19)16-5-3-13(24-16)8-20-12-2-6-17-21-10-22-23(17)9-12/h1,3-5,7,10,12,20H,2,6,8-9H2. The first-order chi connectivity index (χ1) is 11.7. The number of nitrogens with one attached hydrogen (secondary N) is 1. The van der Waals surface area contributed by atoms with Crippen LogP contribution in [-0.4, -0.2) is 20.8 Å². The van der Waals surface area contributed by atoms with Gasteiger partial charge in [0.05, 0.1) is 23.1 Å². The van der Waals surface area contributed by atoms with Gasteiger partial charge in [-0.3, -0.25) is 0 Å². The van der Waals surface area contributed by atoms with Crippen molar-refractivity contribution in [3.8, 4) is 11.3 Å². The lowest BCUT2D eigenvalue weighted by Crippen LogP contribution is -2.37. The van der Waals surface area contributed by atoms with E-state index >= 15 is 0 Å². The molecule has 124 valence electrons. The van der Waals surface area contributed by atoms with Crippen molar-refractivity contribution < 1.29 is 4.42 Å². The van der Waals surface area contributed by atoms with Crippen molar-refractivity contribution in [1.29, 1.82) is 0 Å². The minimum atomic E-state index is 0.373. The van der Waals surface area contributed by atoms with Crippen LogP contribution < -0.4 is 5.32 Å². The third-order valence-corrected chi connectivity index (χ3v) is 4.98. The van der Waals surface area contributed by atoms with Gasteiger partial charge in [-0.15, -0.1) is 0 Å². The maximum Gasteiger partial charge on any atom is 0.138 e. The van der Waals surface area contributed by atoms with Crippen LogP contribution in [0.5, 0.6) is 0 Å². The first-order valence-electron chi connectivity index (χ1n) is 7.83. The summed E-state index contributed by atoms with van der Waals surface area (Å²) in [5, 5.41) is 8.83. The summed E-state index contributed by atoms with van der Waals surface area (Å²) in [4.78, 5) is 4.25. The fraction of sp³-hybridized carbons (Fsp3) is 0.294. The molecule has 1 unspecified atom stereocenters. The number of furan rings is 1. The molecule has 0 amide bonds. The Morgan fingerprint density at radius 3 is 3.00 bits per heavy atom. The van der Waals surface area contributed by atoms with Crippen molar-refractivity contribution in [3.05, 3.63) is 58.3 Å². The second-order valence-electron chi connectivity index (χ2n) is 5.87. The fourth-order valence-corrected chi connectivity index (χ4v) is 3.22. The summed E-state index contributed by atoms with van der Waals surface area (Å²) in [5.74, 6) is 2.74. The Morgan fingerprint density at radius 2 is 2.12 bits per heavy atom. The molecule has 0 aliphatic carbocycles. The predicted molar refractivity (Wildman–Crippen MR) is 93.1 cm³/mol. The zero-order valence-electron chi connectivity index (χ0n) is 12.9. The third-order valence-electron chi connectivity index (χ3n) is 4.24. The second kappa shape index (κ2) is 6.59. The van der Waals surface area contributed by atoms with Crippen LogP contribution in [0.25, 0.3) is 11.3 Å². The number of hydrogen-bond donors (Lipinski definition) is 1. The molecule has 5 nitrogen and oxygen atoms in total. The van der Waals surface area contributed by atoms with Crippen LogP contribution in [0.4, 0.5) is 0 Å². The van der Waals surface area contributed by atoms with E-state index in [2.05, 4.69) is 15.4 Å². The summed E-state index contributed by atoms with van der Waals surface area (Å²) in [6, 6.07) is 9.79. The van der Waals surface area contributed by atoms with E-state index in [9.17, 15) is 0 Å². The summed E-state index contributed by atoms with van der Waals surface area (Å²) >= 11 is 12.0. The minimum Gasteiger partial charge on any atom is -0.460 e. The van der Waals surface area contributed by atoms with E-state index in [4.69, 9.17) is 27.6 Å². The smallest absolute Gasteiger partial charge is 0.138 e. The molecule has 1 atom stereocenters. The van der Waals surface area contributed by atoms with Crippen LogP contribution in [0.1, 0.15) is 18.0 Å². The van der Waals surface area contributed by atoms with Crippen LogP contribution in [0.2, 0.25) is 10.0 Å². The van der Waals surface area contributed by atoms with Crippen molar-refractivity contribution in [2.75, 3.05) is 0 Å². The van der Waals surface area contributed by atoms with Gasteiger partial charge in [-0.05, 0) is 36.8 Å². The summed E-state index contributed by atoms with van der Waals surface area (Å²) in [6.45, 7) is 1.52. The van der Waals surface area contributed by atoms with E-state index in [1.165, 1.54) is 0 Å². The molecule has 24 heavy (non-hydrogen) atoms. The van der Waals surface area contributed by atoms with Gasteiger partial charge >= 0.3 is 0 Å². The Balaban J connectivity index is 1.40. The Kier molecular flexibility index (Phi) is 4.31. The highest BCUT2D eigenvalue weighted by atomic mass is 35.5. The van der Waals surface area contributed by atoms with E-state index in [0.29, 0.717) is 22.6 Å². The topological polar surface area (TPSA) is 55.9 Å². The monoisotopic (exact) mass is 362 g/mol. The molecule has 4 rings (SSSR count). The maximum absolute atomic E-state index is 6.07. The highest BCUT2D eigenvalue weighted by molar-refractivity contribution is 6.42. The van der Waals surface area contributed by atoms with Gasteiger partial charge in [0, 0.05) is 18.0 Å². The van der Waals surface area contributed by atoms with E-state index < -0.39 is 0 Å². The molecule has 1 aliphatic rings. The van der Waals surface area contributed by atoms with Crippen molar-refractivity contribution in [2.45, 2.75) is 32.0 Å². The molecule has 0 saturated heterocycles. The molecule has 0 radical (unpaired) electrons. The molecular weight excluding hydrogens is 347 g/mol. The lowest BCUT2D eigenvalue weighted by Gasteiger charge is -2.23. The average Bonchev–Trinajstić information content (AvgIpc) is 3.24. The number of aryl methyl sites for hydroxylation is 1. The number of aromatic nitrogens is 3. The molecule has 1 N–H and O–H groups in total. The van der Waals surface area contributed by atoms with Gasteiger partial charge in [0.25, 0.3) is 0 Å². The summed E-state index contributed by atoms with van der Waals surface area (Å²) < 4.78 is 7.87. The molecule has 0 saturated carbocycles. The molecule has 1 aliphatic heterocycles. The van der Waals surface area contributed by atoms with Gasteiger partial charge in [0.2, 0.25) is 0 Å². The van der Waals surface area contributed by atoms with E-state index in [-0.39, 0.29) is 0 Å². The van der Waals surface area contributed by atoms with Crippen LogP contribution in [0, 0.1) is 0 Å². The maximum atomic E-state index is 6.07. The number of hydrogen-bond acceptors (Lipinski definition) is 4. The van der Waals surface area contributed by atoms with Crippen LogP contribution >= 0.6 is 23.2 Å². The number of halogens is 2. The summed E-state index contributed by atoms with van der Waals surface area (Å²) in [6.07, 6.45) is 3.62. The molecule has 0 spiro atoms. The highest BCUT2D eigenvalue weighted by Crippen LogP contribution is 2.29. The molecule has 7 heteroatoms. The first kappa shape index (κ1) is 15.7. The van der Waals surface area contributed by atoms with E-state index in [1.54, 1.807) is 12.4 Å². The second-order valence-corrected chi connectivity index (χ2v) is 6.68. The Hall–Kier alpha value is -1.82. The Labute approximate surface area is 149 Å². The van der Waals surface area contributed by atoms with Gasteiger partial charge in [-0.25, -0.2) is 9.67 Å². The lowest BCUT2D eigenvalue weighted by molar-refractivity contribution is 0.345. The Morgan fingerprint density at radius 1 is 1.21 bits per heavy atom. The SMILES string of the molecule is Clc1ccc(-c2ccc(CNC3CCc4ncnn4C3)o2)cc1Cl. The number of rotatable bonds is 4. The average molecular weight is 363 g/mol. The molecule has 1 aromatic carbocycles. The normalized spacial score (nSPS) is 17.0. The zero-order chi connectivity index (χ0) is 16.5. The number of fused-ring (bicyclic) bond motifs is 1. The van der Waals surface area contributed by atoms with Crippen LogP contribution in [-0.2, 0) is 19.5 Å². The predicted octanol–water partition coefficient (Wildman–Crippen LogP) is 3.95. The van der Waals surface area contributed by atoms with Crippen molar-refractivity contribution >= 4 is 23.2 Å². The van der Waals surface area contributed by atoms with E-state index in [0.717, 1.165) is 42.3 Å². The Bertz CT molecular complexity index is 858. The molecular formula is C17H16Cl2N4O. The largest absolute Gasteiger partial charge is 0.460 e. The quantitative estimate of drug-likeness (QED) is 0.763. The van der Waals surface area contributed by atoms with Crippen LogP contribution in [0.15, 0.2) is 41.1 Å². The van der Waals surface area contributed by atoms with Gasteiger partial charge in [0.15, 0.2) is 0 Å². The molecule has 2 aromatic heterocycles. The molecule has 0 fully saturated rings. The van der Waals surface area contributed by atoms with E-state index in [1.807, 2.05) is 28.9 Å². The van der Waals surface area contributed by atoms with Gasteiger partial charge in [0.1, 0.15) is 23.7 Å². The van der Waals surface area contributed by atoms with Crippen molar-refractivity contribution in [1.82, 2.24) is 20.1 Å². The molecule has 0 bridgehead atoms. The zero-order valence-corrected chi connectivity index (χ0v) is 14.4. The van der Waals surface area contributed by atoms with Crippen LogP contribution in [0.3, 0.4) is 0 Å². The summed E-state index contributed by atoms with van der Waals surface area (Å²) in [5.41, 5.74) is 0.917. The minimum absolute atomic E-state index is 0.373. The molecule has 3 heterocycles. The van der Waals surface area contributed by atoms with Crippen molar-refractivity contribution in [2.24, 2.45) is 0 Å². The van der Waals surface area contributed by atoms with Gasteiger partial charge in [-0.2, -0.15) is 5.10 Å². The molecule has 3 aromatic rings. The number of benzene rings is 1. The first-order valence-corrected chi connectivity index (χ1v) is 8.59. The fourth-order valence-electron chi connectivity index (χ4n) is 2.93. The van der Waals surface area contributed by atoms with Gasteiger partial charge < -0.3 is 9.73 Å². The third kappa shape index (κ3) is 3.20. The lowest BCUT2D eigenvalue weighted by atomic mass is 10.1. The van der Waals surface area contributed by atoms with Crippen molar-refractivity contribution in [3.63, 3.8) is 0 Å². The van der Waals surface area contributed by atoms with Gasteiger partial charge in [-0.1, -0.05) is 23.2 Å². The summed E-state index contributed by atoms with van der Waals surface area (Å²) in [7, 11) is 0. The highest BCUT2D eigenvalue weighted by Gasteiger charge is 2.19.